The molecule has 17 heavy (non-hydrogen) atoms. The van der Waals surface area contributed by atoms with Gasteiger partial charge in [0.1, 0.15) is 0 Å². The predicted molar refractivity (Wildman–Crippen MR) is 56.8 cm³/mol. The SMILES string of the molecule is O=C(O)CCCNc1ccc(C(F)(F)F)cc1. The molecule has 2 N–H and O–H groups in total. The number of benzene rings is 1. The molecule has 0 heterocycles. The van der Waals surface area contributed by atoms with Gasteiger partial charge in [0.2, 0.25) is 0 Å². The van der Waals surface area contributed by atoms with Gasteiger partial charge in [-0.2, -0.15) is 13.2 Å². The van der Waals surface area contributed by atoms with E-state index in [1.165, 1.54) is 12.1 Å². The fourth-order valence-electron chi connectivity index (χ4n) is 1.25. The van der Waals surface area contributed by atoms with Gasteiger partial charge < -0.3 is 10.4 Å². The maximum Gasteiger partial charge on any atom is 0.416 e. The summed E-state index contributed by atoms with van der Waals surface area (Å²) in [5.41, 5.74) is -0.156. The minimum atomic E-state index is -4.33. The van der Waals surface area contributed by atoms with Crippen LogP contribution in [0.4, 0.5) is 18.9 Å². The van der Waals surface area contributed by atoms with Gasteiger partial charge in [-0.25, -0.2) is 0 Å². The third-order valence-corrected chi connectivity index (χ3v) is 2.11. The summed E-state index contributed by atoms with van der Waals surface area (Å²) in [5, 5.41) is 11.2. The number of anilines is 1. The maximum atomic E-state index is 12.2. The highest BCUT2D eigenvalue weighted by Gasteiger charge is 2.29. The van der Waals surface area contributed by atoms with E-state index in [4.69, 9.17) is 5.11 Å². The van der Waals surface area contributed by atoms with Gasteiger partial charge in [0.25, 0.3) is 0 Å². The smallest absolute Gasteiger partial charge is 0.416 e. The highest BCUT2D eigenvalue weighted by molar-refractivity contribution is 5.66. The number of rotatable bonds is 5. The Bertz CT molecular complexity index is 373. The second-order valence-electron chi connectivity index (χ2n) is 3.50. The fraction of sp³-hybridized carbons (Fsp3) is 0.364. The van der Waals surface area contributed by atoms with Crippen molar-refractivity contribution in [1.82, 2.24) is 0 Å². The summed E-state index contributed by atoms with van der Waals surface area (Å²) in [5.74, 6) is -0.890. The molecule has 0 amide bonds. The van der Waals surface area contributed by atoms with Crippen LogP contribution in [0.25, 0.3) is 0 Å². The Balaban J connectivity index is 2.43. The Morgan fingerprint density at radius 1 is 1.24 bits per heavy atom. The zero-order valence-corrected chi connectivity index (χ0v) is 8.92. The van der Waals surface area contributed by atoms with Crippen LogP contribution in [0.3, 0.4) is 0 Å². The van der Waals surface area contributed by atoms with Crippen molar-refractivity contribution >= 4 is 11.7 Å². The number of hydrogen-bond acceptors (Lipinski definition) is 2. The maximum absolute atomic E-state index is 12.2. The first-order valence-corrected chi connectivity index (χ1v) is 5.02. The number of carboxylic acids is 1. The monoisotopic (exact) mass is 247 g/mol. The summed E-state index contributed by atoms with van der Waals surface area (Å²) in [4.78, 5) is 10.2. The number of carboxylic acid groups (broad SMARTS) is 1. The van der Waals surface area contributed by atoms with E-state index in [2.05, 4.69) is 5.32 Å². The van der Waals surface area contributed by atoms with E-state index < -0.39 is 17.7 Å². The standard InChI is InChI=1S/C11H12F3NO2/c12-11(13,14)8-3-5-9(6-4-8)15-7-1-2-10(16)17/h3-6,15H,1-2,7H2,(H,16,17). The van der Waals surface area contributed by atoms with Gasteiger partial charge in [0, 0.05) is 18.7 Å². The Morgan fingerprint density at radius 2 is 1.82 bits per heavy atom. The molecule has 0 aromatic heterocycles. The largest absolute Gasteiger partial charge is 0.481 e. The number of alkyl halides is 3. The first kappa shape index (κ1) is 13.3. The molecule has 0 saturated heterocycles. The molecule has 6 heteroatoms. The summed E-state index contributed by atoms with van der Waals surface area (Å²) in [6.07, 6.45) is -3.87. The van der Waals surface area contributed by atoms with E-state index in [0.29, 0.717) is 18.7 Å². The number of halogens is 3. The third kappa shape index (κ3) is 4.76. The number of carbonyl (C=O) groups is 1. The molecule has 0 saturated carbocycles. The van der Waals surface area contributed by atoms with E-state index in [-0.39, 0.29) is 6.42 Å². The molecule has 0 aliphatic heterocycles. The molecule has 0 radical (unpaired) electrons. The zero-order chi connectivity index (χ0) is 12.9. The normalized spacial score (nSPS) is 11.2. The molecule has 1 aromatic carbocycles. The van der Waals surface area contributed by atoms with Gasteiger partial charge in [0.15, 0.2) is 0 Å². The van der Waals surface area contributed by atoms with Crippen molar-refractivity contribution in [1.29, 1.82) is 0 Å². The van der Waals surface area contributed by atoms with Gasteiger partial charge >= 0.3 is 12.1 Å². The van der Waals surface area contributed by atoms with Gasteiger partial charge in [-0.15, -0.1) is 0 Å². The lowest BCUT2D eigenvalue weighted by molar-refractivity contribution is -0.138. The van der Waals surface area contributed by atoms with E-state index in [1.54, 1.807) is 0 Å². The van der Waals surface area contributed by atoms with Crippen molar-refractivity contribution in [3.8, 4) is 0 Å². The molecule has 0 unspecified atom stereocenters. The summed E-state index contributed by atoms with van der Waals surface area (Å²) in [7, 11) is 0. The van der Waals surface area contributed by atoms with Crippen molar-refractivity contribution in [2.24, 2.45) is 0 Å². The summed E-state index contributed by atoms with van der Waals surface area (Å²) >= 11 is 0. The van der Waals surface area contributed by atoms with Crippen molar-refractivity contribution in [3.05, 3.63) is 29.8 Å². The lowest BCUT2D eigenvalue weighted by Crippen LogP contribution is -2.07. The zero-order valence-electron chi connectivity index (χ0n) is 8.92. The Morgan fingerprint density at radius 3 is 2.29 bits per heavy atom. The minimum absolute atomic E-state index is 0.0354. The number of aliphatic carboxylic acids is 1. The highest BCUT2D eigenvalue weighted by atomic mass is 19.4. The molecule has 0 aliphatic rings. The molecule has 0 spiro atoms. The molecule has 1 rings (SSSR count). The van der Waals surface area contributed by atoms with Crippen LogP contribution in [-0.2, 0) is 11.0 Å². The molecule has 94 valence electrons. The number of hydrogen-bond donors (Lipinski definition) is 2. The van der Waals surface area contributed by atoms with Crippen LogP contribution < -0.4 is 5.32 Å². The number of nitrogens with one attached hydrogen (secondary N) is 1. The highest BCUT2D eigenvalue weighted by Crippen LogP contribution is 2.29. The van der Waals surface area contributed by atoms with Gasteiger partial charge in [-0.3, -0.25) is 4.79 Å². The second-order valence-corrected chi connectivity index (χ2v) is 3.50. The van der Waals surface area contributed by atoms with E-state index in [9.17, 15) is 18.0 Å². The Kier molecular flexibility index (Phi) is 4.37. The second kappa shape index (κ2) is 5.56. The summed E-state index contributed by atoms with van der Waals surface area (Å²) < 4.78 is 36.7. The molecular formula is C11H12F3NO2. The van der Waals surface area contributed by atoms with Gasteiger partial charge in [-0.05, 0) is 30.7 Å². The quantitative estimate of drug-likeness (QED) is 0.786. The van der Waals surface area contributed by atoms with E-state index >= 15 is 0 Å². The molecular weight excluding hydrogens is 235 g/mol. The van der Waals surface area contributed by atoms with Crippen molar-refractivity contribution < 1.29 is 23.1 Å². The van der Waals surface area contributed by atoms with Gasteiger partial charge in [-0.1, -0.05) is 0 Å². The summed E-state index contributed by atoms with van der Waals surface area (Å²) in [6, 6.07) is 4.62. The van der Waals surface area contributed by atoms with Crippen LogP contribution in [0.2, 0.25) is 0 Å². The predicted octanol–water partition coefficient (Wildman–Crippen LogP) is 2.98. The molecule has 1 aromatic rings. The topological polar surface area (TPSA) is 49.3 Å². The molecule has 0 atom stereocenters. The first-order valence-electron chi connectivity index (χ1n) is 5.02. The van der Waals surface area contributed by atoms with Crippen LogP contribution in [0.1, 0.15) is 18.4 Å². The average molecular weight is 247 g/mol. The Labute approximate surface area is 96.3 Å². The molecule has 0 bridgehead atoms. The van der Waals surface area contributed by atoms with Crippen LogP contribution in [0.5, 0.6) is 0 Å². The average Bonchev–Trinajstić information content (AvgIpc) is 2.23. The fourth-order valence-corrected chi connectivity index (χ4v) is 1.25. The lowest BCUT2D eigenvalue weighted by atomic mass is 10.2. The minimum Gasteiger partial charge on any atom is -0.481 e. The molecule has 0 fully saturated rings. The first-order chi connectivity index (χ1) is 7.89. The van der Waals surface area contributed by atoms with Crippen molar-refractivity contribution in [2.75, 3.05) is 11.9 Å². The lowest BCUT2D eigenvalue weighted by Gasteiger charge is -2.09. The van der Waals surface area contributed by atoms with Crippen LogP contribution in [-0.4, -0.2) is 17.6 Å². The van der Waals surface area contributed by atoms with Crippen LogP contribution in [0, 0.1) is 0 Å². The summed E-state index contributed by atoms with van der Waals surface area (Å²) in [6.45, 7) is 0.414. The van der Waals surface area contributed by atoms with Crippen LogP contribution >= 0.6 is 0 Å². The van der Waals surface area contributed by atoms with Crippen LogP contribution in [0.15, 0.2) is 24.3 Å². The molecule has 3 nitrogen and oxygen atoms in total. The van der Waals surface area contributed by atoms with Crippen molar-refractivity contribution in [3.63, 3.8) is 0 Å². The third-order valence-electron chi connectivity index (χ3n) is 2.11. The molecule has 0 aliphatic carbocycles. The van der Waals surface area contributed by atoms with Crippen molar-refractivity contribution in [2.45, 2.75) is 19.0 Å². The van der Waals surface area contributed by atoms with E-state index in [1.807, 2.05) is 0 Å². The van der Waals surface area contributed by atoms with Gasteiger partial charge in [0.05, 0.1) is 5.56 Å². The van der Waals surface area contributed by atoms with E-state index in [0.717, 1.165) is 12.1 Å². The Hall–Kier alpha value is -1.72.